The SMILES string of the molecule is N=C(N)c1ccc(CNC(=O)[C@@H]2CCCN2C(=O)[C@@H](CC(=O)N2CCN(c3ncccn3)CC2)NS(=O)(=O)Cc2ccccc2)cc1. The zero-order chi connectivity index (χ0) is 33.4. The van der Waals surface area contributed by atoms with E-state index in [1.165, 1.54) is 4.90 Å². The minimum atomic E-state index is -4.04. The number of piperazine rings is 1. The molecule has 2 fully saturated rings. The van der Waals surface area contributed by atoms with Crippen molar-refractivity contribution in [3.63, 3.8) is 0 Å². The number of aromatic nitrogens is 2. The Morgan fingerprint density at radius 3 is 2.26 bits per heavy atom. The second-order valence-corrected chi connectivity index (χ2v) is 13.3. The van der Waals surface area contributed by atoms with Gasteiger partial charge in [-0.25, -0.2) is 23.1 Å². The summed E-state index contributed by atoms with van der Waals surface area (Å²) in [7, 11) is -4.04. The third-order valence-corrected chi connectivity index (χ3v) is 9.59. The maximum Gasteiger partial charge on any atom is 0.243 e. The molecule has 2 aliphatic rings. The molecule has 47 heavy (non-hydrogen) atoms. The number of nitrogens with zero attached hydrogens (tertiary/aromatic N) is 5. The Bertz CT molecular complexity index is 1670. The fourth-order valence-corrected chi connectivity index (χ4v) is 7.09. The van der Waals surface area contributed by atoms with E-state index in [1.807, 2.05) is 4.90 Å². The molecule has 5 rings (SSSR count). The summed E-state index contributed by atoms with van der Waals surface area (Å²) in [5.41, 5.74) is 7.40. The number of likely N-dealkylation sites (tertiary alicyclic amines) is 1. The van der Waals surface area contributed by atoms with E-state index in [0.29, 0.717) is 56.1 Å². The van der Waals surface area contributed by atoms with Crippen LogP contribution in [0.4, 0.5) is 5.95 Å². The summed E-state index contributed by atoms with van der Waals surface area (Å²) in [6.07, 6.45) is 3.87. The highest BCUT2D eigenvalue weighted by Crippen LogP contribution is 2.21. The summed E-state index contributed by atoms with van der Waals surface area (Å²) in [5, 5.41) is 10.4. The lowest BCUT2D eigenvalue weighted by molar-refractivity contribution is -0.142. The Morgan fingerprint density at radius 2 is 1.60 bits per heavy atom. The summed E-state index contributed by atoms with van der Waals surface area (Å²) in [6, 6.07) is 15.0. The van der Waals surface area contributed by atoms with Crippen LogP contribution in [0.1, 0.15) is 36.0 Å². The van der Waals surface area contributed by atoms with Crippen LogP contribution < -0.4 is 20.7 Å². The molecule has 2 aliphatic heterocycles. The zero-order valence-electron chi connectivity index (χ0n) is 25.9. The van der Waals surface area contributed by atoms with Crippen molar-refractivity contribution in [2.75, 3.05) is 37.6 Å². The molecule has 248 valence electrons. The minimum Gasteiger partial charge on any atom is -0.384 e. The first-order valence-corrected chi connectivity index (χ1v) is 17.1. The summed E-state index contributed by atoms with van der Waals surface area (Å²) in [5.74, 6) is -1.22. The van der Waals surface area contributed by atoms with Crippen LogP contribution in [0.2, 0.25) is 0 Å². The van der Waals surface area contributed by atoms with Crippen LogP contribution in [0.25, 0.3) is 0 Å². The van der Waals surface area contributed by atoms with Gasteiger partial charge in [0, 0.05) is 57.2 Å². The molecule has 0 unspecified atom stereocenters. The van der Waals surface area contributed by atoms with Crippen LogP contribution in [-0.2, 0) is 36.7 Å². The molecule has 3 amide bonds. The number of benzene rings is 2. The maximum absolute atomic E-state index is 14.0. The van der Waals surface area contributed by atoms with Gasteiger partial charge in [-0.2, -0.15) is 0 Å². The van der Waals surface area contributed by atoms with Crippen LogP contribution in [-0.4, -0.2) is 96.6 Å². The number of anilines is 1. The fraction of sp³-hybridized carbons (Fsp3) is 0.375. The van der Waals surface area contributed by atoms with E-state index in [4.69, 9.17) is 11.1 Å². The first-order chi connectivity index (χ1) is 22.6. The fourth-order valence-electron chi connectivity index (χ4n) is 5.76. The number of amides is 3. The Morgan fingerprint density at radius 1 is 0.915 bits per heavy atom. The van der Waals surface area contributed by atoms with E-state index in [0.717, 1.165) is 5.56 Å². The van der Waals surface area contributed by atoms with Gasteiger partial charge in [-0.15, -0.1) is 0 Å². The summed E-state index contributed by atoms with van der Waals surface area (Å²) in [4.78, 5) is 54.3. The number of carbonyl (C=O) groups is 3. The van der Waals surface area contributed by atoms with Gasteiger partial charge in [0.2, 0.25) is 33.7 Å². The quantitative estimate of drug-likeness (QED) is 0.159. The number of hydrogen-bond acceptors (Lipinski definition) is 9. The van der Waals surface area contributed by atoms with Crippen LogP contribution >= 0.6 is 0 Å². The van der Waals surface area contributed by atoms with Crippen molar-refractivity contribution in [1.82, 2.24) is 29.8 Å². The summed E-state index contributed by atoms with van der Waals surface area (Å²) < 4.78 is 29.1. The van der Waals surface area contributed by atoms with E-state index in [9.17, 15) is 22.8 Å². The molecule has 5 N–H and O–H groups in total. The zero-order valence-corrected chi connectivity index (χ0v) is 26.7. The van der Waals surface area contributed by atoms with Crippen molar-refractivity contribution in [2.24, 2.45) is 5.73 Å². The van der Waals surface area contributed by atoms with Crippen molar-refractivity contribution in [2.45, 2.75) is 43.6 Å². The van der Waals surface area contributed by atoms with E-state index in [1.54, 1.807) is 78.0 Å². The van der Waals surface area contributed by atoms with Gasteiger partial charge >= 0.3 is 0 Å². The Labute approximate surface area is 273 Å². The van der Waals surface area contributed by atoms with Crippen molar-refractivity contribution >= 4 is 39.5 Å². The lowest BCUT2D eigenvalue weighted by atomic mass is 10.1. The molecule has 3 heterocycles. The highest BCUT2D eigenvalue weighted by Gasteiger charge is 2.40. The highest BCUT2D eigenvalue weighted by molar-refractivity contribution is 7.88. The van der Waals surface area contributed by atoms with Crippen molar-refractivity contribution < 1.29 is 22.8 Å². The standard InChI is InChI=1S/C32H39N9O5S/c33-29(34)25-11-9-23(10-12-25)21-37-30(43)27-8-4-15-41(27)31(44)26(38-47(45,46)22-24-6-2-1-3-7-24)20-28(42)39-16-18-40(19-17-39)32-35-13-5-14-36-32/h1-3,5-7,9-14,26-27,38H,4,8,15-22H2,(H3,33,34)(H,37,43)/t26-,27+/m1/s1. The highest BCUT2D eigenvalue weighted by atomic mass is 32.2. The van der Waals surface area contributed by atoms with Crippen LogP contribution in [0.3, 0.4) is 0 Å². The second kappa shape index (κ2) is 15.1. The number of nitrogen functional groups attached to an aromatic ring is 1. The third-order valence-electron chi connectivity index (χ3n) is 8.24. The van der Waals surface area contributed by atoms with Crippen LogP contribution in [0.5, 0.6) is 0 Å². The average molecular weight is 662 g/mol. The lowest BCUT2D eigenvalue weighted by Gasteiger charge is -2.35. The molecule has 0 radical (unpaired) electrons. The van der Waals surface area contributed by atoms with Gasteiger partial charge in [-0.1, -0.05) is 54.6 Å². The summed E-state index contributed by atoms with van der Waals surface area (Å²) in [6.45, 7) is 2.14. The Balaban J connectivity index is 1.27. The van der Waals surface area contributed by atoms with E-state index in [2.05, 4.69) is 20.0 Å². The normalized spacial score (nSPS) is 17.3. The monoisotopic (exact) mass is 661 g/mol. The van der Waals surface area contributed by atoms with Gasteiger partial charge in [0.1, 0.15) is 17.9 Å². The smallest absolute Gasteiger partial charge is 0.243 e. The third kappa shape index (κ3) is 8.89. The molecule has 0 saturated carbocycles. The molecule has 0 aliphatic carbocycles. The van der Waals surface area contributed by atoms with Gasteiger partial charge < -0.3 is 25.8 Å². The Kier molecular flexibility index (Phi) is 10.8. The number of nitrogens with two attached hydrogens (primary N) is 1. The van der Waals surface area contributed by atoms with Crippen LogP contribution in [0, 0.1) is 5.41 Å². The average Bonchev–Trinajstić information content (AvgIpc) is 3.58. The van der Waals surface area contributed by atoms with E-state index < -0.39 is 28.0 Å². The number of hydrogen-bond donors (Lipinski definition) is 4. The van der Waals surface area contributed by atoms with Crippen LogP contribution in [0.15, 0.2) is 73.1 Å². The largest absolute Gasteiger partial charge is 0.384 e. The molecular formula is C32H39N9O5S. The number of nitrogens with one attached hydrogen (secondary N) is 3. The Hall–Kier alpha value is -4.89. The summed E-state index contributed by atoms with van der Waals surface area (Å²) >= 11 is 0. The van der Waals surface area contributed by atoms with Crippen molar-refractivity contribution in [1.29, 1.82) is 5.41 Å². The number of rotatable bonds is 12. The lowest BCUT2D eigenvalue weighted by Crippen LogP contribution is -2.56. The van der Waals surface area contributed by atoms with Gasteiger partial charge in [0.25, 0.3) is 0 Å². The predicted octanol–water partition coefficient (Wildman–Crippen LogP) is 0.595. The van der Waals surface area contributed by atoms with Gasteiger partial charge in [0.05, 0.1) is 12.2 Å². The van der Waals surface area contributed by atoms with Crippen molar-refractivity contribution in [3.05, 3.63) is 89.7 Å². The van der Waals surface area contributed by atoms with Crippen molar-refractivity contribution in [3.8, 4) is 0 Å². The molecule has 0 spiro atoms. The second-order valence-electron chi connectivity index (χ2n) is 11.6. The topological polar surface area (TPSA) is 195 Å². The number of amidine groups is 1. The van der Waals surface area contributed by atoms with Gasteiger partial charge in [-0.3, -0.25) is 19.8 Å². The molecule has 0 bridgehead atoms. The molecule has 2 atom stereocenters. The molecule has 3 aromatic rings. The van der Waals surface area contributed by atoms with E-state index in [-0.39, 0.29) is 42.9 Å². The molecule has 14 nitrogen and oxygen atoms in total. The molecule has 2 saturated heterocycles. The maximum atomic E-state index is 14.0. The first-order valence-electron chi connectivity index (χ1n) is 15.4. The molecular weight excluding hydrogens is 622 g/mol. The minimum absolute atomic E-state index is 0.0582. The predicted molar refractivity (Wildman–Crippen MR) is 175 cm³/mol. The molecule has 2 aromatic carbocycles. The van der Waals surface area contributed by atoms with Gasteiger partial charge in [-0.05, 0) is 30.0 Å². The number of carbonyl (C=O) groups excluding carboxylic acids is 3. The van der Waals surface area contributed by atoms with Gasteiger partial charge in [0.15, 0.2) is 0 Å². The first kappa shape index (κ1) is 33.5. The van der Waals surface area contributed by atoms with E-state index >= 15 is 0 Å². The molecule has 15 heteroatoms. The molecule has 1 aromatic heterocycles. The number of sulfonamides is 1.